The van der Waals surface area contributed by atoms with Crippen molar-refractivity contribution in [2.24, 2.45) is 0 Å². The third-order valence-corrected chi connectivity index (χ3v) is 4.29. The molecule has 1 aromatic carbocycles. The van der Waals surface area contributed by atoms with Crippen molar-refractivity contribution in [3.8, 4) is 0 Å². The smallest absolute Gasteiger partial charge is 0.220 e. The highest BCUT2D eigenvalue weighted by Gasteiger charge is 2.25. The van der Waals surface area contributed by atoms with Crippen LogP contribution in [0.4, 0.5) is 0 Å². The Labute approximate surface area is 122 Å². The summed E-state index contributed by atoms with van der Waals surface area (Å²) in [6.45, 7) is 6.45. The van der Waals surface area contributed by atoms with Crippen LogP contribution in [0, 0.1) is 6.92 Å². The van der Waals surface area contributed by atoms with E-state index in [1.165, 1.54) is 11.1 Å². The molecule has 0 aromatic heterocycles. The summed E-state index contributed by atoms with van der Waals surface area (Å²) in [7, 11) is 0. The normalized spacial score (nSPS) is 26.2. The van der Waals surface area contributed by atoms with Crippen molar-refractivity contribution in [1.82, 2.24) is 10.6 Å². The van der Waals surface area contributed by atoms with Crippen LogP contribution in [-0.2, 0) is 11.2 Å². The number of carbonyl (C=O) groups is 1. The zero-order chi connectivity index (χ0) is 14.5. The first kappa shape index (κ1) is 15.0. The molecule has 1 aromatic rings. The van der Waals surface area contributed by atoms with Gasteiger partial charge in [-0.25, -0.2) is 0 Å². The van der Waals surface area contributed by atoms with Crippen molar-refractivity contribution in [3.05, 3.63) is 35.4 Å². The van der Waals surface area contributed by atoms with Crippen LogP contribution >= 0.6 is 0 Å². The minimum Gasteiger partial charge on any atom is -0.352 e. The van der Waals surface area contributed by atoms with Gasteiger partial charge in [0, 0.05) is 24.5 Å². The van der Waals surface area contributed by atoms with Crippen molar-refractivity contribution < 1.29 is 4.79 Å². The molecule has 2 N–H and O–H groups in total. The maximum Gasteiger partial charge on any atom is 0.220 e. The Bertz CT molecular complexity index is 458. The van der Waals surface area contributed by atoms with Gasteiger partial charge in [-0.1, -0.05) is 24.3 Å². The van der Waals surface area contributed by atoms with Crippen molar-refractivity contribution in [3.63, 3.8) is 0 Å². The lowest BCUT2D eigenvalue weighted by atomic mass is 9.95. The summed E-state index contributed by atoms with van der Waals surface area (Å²) in [4.78, 5) is 12.1. The number of amides is 1. The molecule has 3 heteroatoms. The molecular weight excluding hydrogens is 248 g/mol. The summed E-state index contributed by atoms with van der Waals surface area (Å²) in [5.74, 6) is 0.168. The van der Waals surface area contributed by atoms with Gasteiger partial charge < -0.3 is 10.6 Å². The van der Waals surface area contributed by atoms with Gasteiger partial charge in [-0.05, 0) is 51.2 Å². The Morgan fingerprint density at radius 2 is 2.05 bits per heavy atom. The first-order valence-electron chi connectivity index (χ1n) is 7.66. The monoisotopic (exact) mass is 274 g/mol. The van der Waals surface area contributed by atoms with Gasteiger partial charge in [0.2, 0.25) is 5.91 Å². The molecule has 1 fully saturated rings. The second kappa shape index (κ2) is 6.89. The van der Waals surface area contributed by atoms with E-state index in [0.29, 0.717) is 18.5 Å². The maximum atomic E-state index is 12.1. The topological polar surface area (TPSA) is 41.1 Å². The molecular formula is C17H26N2O. The summed E-state index contributed by atoms with van der Waals surface area (Å²) in [6, 6.07) is 9.47. The van der Waals surface area contributed by atoms with Gasteiger partial charge in [-0.15, -0.1) is 0 Å². The SMILES string of the molecule is Cc1ccccc1CCC(=O)NC1CCC(C)NC1C. The third-order valence-electron chi connectivity index (χ3n) is 4.29. The van der Waals surface area contributed by atoms with E-state index in [9.17, 15) is 4.79 Å². The van der Waals surface area contributed by atoms with Crippen LogP contribution in [0.1, 0.15) is 44.2 Å². The first-order chi connectivity index (χ1) is 9.56. The zero-order valence-electron chi connectivity index (χ0n) is 12.8. The Kier molecular flexibility index (Phi) is 5.18. The molecule has 0 bridgehead atoms. The van der Waals surface area contributed by atoms with Crippen LogP contribution in [0.2, 0.25) is 0 Å². The highest BCUT2D eigenvalue weighted by molar-refractivity contribution is 5.76. The average molecular weight is 274 g/mol. The molecule has 1 aliphatic rings. The quantitative estimate of drug-likeness (QED) is 0.886. The maximum absolute atomic E-state index is 12.1. The fraction of sp³-hybridized carbons (Fsp3) is 0.588. The Morgan fingerprint density at radius 3 is 2.75 bits per heavy atom. The Balaban J connectivity index is 1.80. The minimum atomic E-state index is 0.168. The predicted molar refractivity (Wildman–Crippen MR) is 82.7 cm³/mol. The van der Waals surface area contributed by atoms with E-state index in [0.717, 1.165) is 19.3 Å². The van der Waals surface area contributed by atoms with Crippen molar-refractivity contribution in [2.75, 3.05) is 0 Å². The molecule has 0 radical (unpaired) electrons. The molecule has 20 heavy (non-hydrogen) atoms. The fourth-order valence-electron chi connectivity index (χ4n) is 2.94. The predicted octanol–water partition coefficient (Wildman–Crippen LogP) is 2.57. The zero-order valence-corrected chi connectivity index (χ0v) is 12.8. The second-order valence-electron chi connectivity index (χ2n) is 6.03. The number of hydrogen-bond acceptors (Lipinski definition) is 2. The van der Waals surface area contributed by atoms with E-state index in [1.807, 2.05) is 12.1 Å². The first-order valence-corrected chi connectivity index (χ1v) is 7.66. The molecule has 0 aliphatic carbocycles. The van der Waals surface area contributed by atoms with Gasteiger partial charge in [-0.2, -0.15) is 0 Å². The second-order valence-corrected chi connectivity index (χ2v) is 6.03. The van der Waals surface area contributed by atoms with Crippen molar-refractivity contribution in [2.45, 2.75) is 64.6 Å². The number of piperidine rings is 1. The average Bonchev–Trinajstić information content (AvgIpc) is 2.41. The molecule has 1 saturated heterocycles. The molecule has 1 aliphatic heterocycles. The van der Waals surface area contributed by atoms with Crippen LogP contribution < -0.4 is 10.6 Å². The van der Waals surface area contributed by atoms with E-state index in [2.05, 4.69) is 43.5 Å². The number of hydrogen-bond donors (Lipinski definition) is 2. The lowest BCUT2D eigenvalue weighted by molar-refractivity contribution is -0.122. The van der Waals surface area contributed by atoms with Gasteiger partial charge in [0.25, 0.3) is 0 Å². The summed E-state index contributed by atoms with van der Waals surface area (Å²) in [5, 5.41) is 6.68. The van der Waals surface area contributed by atoms with Gasteiger partial charge in [0.1, 0.15) is 0 Å². The molecule has 1 amide bonds. The fourth-order valence-corrected chi connectivity index (χ4v) is 2.94. The van der Waals surface area contributed by atoms with E-state index < -0.39 is 0 Å². The Morgan fingerprint density at radius 1 is 1.30 bits per heavy atom. The van der Waals surface area contributed by atoms with Crippen LogP contribution in [0.25, 0.3) is 0 Å². The summed E-state index contributed by atoms with van der Waals surface area (Å²) < 4.78 is 0. The summed E-state index contributed by atoms with van der Waals surface area (Å²) >= 11 is 0. The Hall–Kier alpha value is -1.35. The van der Waals surface area contributed by atoms with Crippen molar-refractivity contribution in [1.29, 1.82) is 0 Å². The van der Waals surface area contributed by atoms with Crippen molar-refractivity contribution >= 4 is 5.91 Å². The summed E-state index contributed by atoms with van der Waals surface area (Å²) in [5.41, 5.74) is 2.54. The molecule has 0 saturated carbocycles. The minimum absolute atomic E-state index is 0.168. The largest absolute Gasteiger partial charge is 0.352 e. The van der Waals surface area contributed by atoms with E-state index >= 15 is 0 Å². The van der Waals surface area contributed by atoms with Crippen LogP contribution in [0.15, 0.2) is 24.3 Å². The van der Waals surface area contributed by atoms with E-state index in [-0.39, 0.29) is 11.9 Å². The number of rotatable bonds is 4. The van der Waals surface area contributed by atoms with Crippen LogP contribution in [-0.4, -0.2) is 24.0 Å². The lowest BCUT2D eigenvalue weighted by Gasteiger charge is -2.34. The molecule has 110 valence electrons. The number of benzene rings is 1. The lowest BCUT2D eigenvalue weighted by Crippen LogP contribution is -2.54. The van der Waals surface area contributed by atoms with Crippen LogP contribution in [0.3, 0.4) is 0 Å². The highest BCUT2D eigenvalue weighted by atomic mass is 16.1. The molecule has 2 rings (SSSR count). The number of nitrogens with one attached hydrogen (secondary N) is 2. The molecule has 3 atom stereocenters. The van der Waals surface area contributed by atoms with Gasteiger partial charge in [0.15, 0.2) is 0 Å². The summed E-state index contributed by atoms with van der Waals surface area (Å²) in [6.07, 6.45) is 3.60. The van der Waals surface area contributed by atoms with E-state index in [4.69, 9.17) is 0 Å². The molecule has 0 spiro atoms. The van der Waals surface area contributed by atoms with Gasteiger partial charge in [-0.3, -0.25) is 4.79 Å². The molecule has 1 heterocycles. The standard InChI is InChI=1S/C17H26N2O/c1-12-6-4-5-7-15(12)9-11-17(20)19-16-10-8-13(2)18-14(16)3/h4-7,13-14,16,18H,8-11H2,1-3H3,(H,19,20). The van der Waals surface area contributed by atoms with E-state index in [1.54, 1.807) is 0 Å². The van der Waals surface area contributed by atoms with Gasteiger partial charge in [0.05, 0.1) is 0 Å². The molecule has 3 unspecified atom stereocenters. The highest BCUT2D eigenvalue weighted by Crippen LogP contribution is 2.14. The molecule has 3 nitrogen and oxygen atoms in total. The third kappa shape index (κ3) is 4.07. The van der Waals surface area contributed by atoms with Gasteiger partial charge >= 0.3 is 0 Å². The number of carbonyl (C=O) groups excluding carboxylic acids is 1. The van der Waals surface area contributed by atoms with Crippen LogP contribution in [0.5, 0.6) is 0 Å². The number of aryl methyl sites for hydroxylation is 2.